The van der Waals surface area contributed by atoms with E-state index in [4.69, 9.17) is 17.0 Å². The number of nitrogens with one attached hydrogen (secondary N) is 1. The zero-order valence-electron chi connectivity index (χ0n) is 14.6. The third-order valence-electron chi connectivity index (χ3n) is 3.71. The minimum Gasteiger partial charge on any atom is -0.504 e. The van der Waals surface area contributed by atoms with E-state index in [0.29, 0.717) is 32.9 Å². The molecule has 9 heteroatoms. The molecule has 1 heterocycles. The highest BCUT2D eigenvalue weighted by Gasteiger charge is 2.34. The fourth-order valence-electron chi connectivity index (χ4n) is 2.41. The fraction of sp³-hybridized carbons (Fsp3) is 0.105. The van der Waals surface area contributed by atoms with Gasteiger partial charge < -0.3 is 9.84 Å². The van der Waals surface area contributed by atoms with Crippen LogP contribution in [0.2, 0.25) is 0 Å². The van der Waals surface area contributed by atoms with Crippen LogP contribution in [-0.4, -0.2) is 32.9 Å². The van der Waals surface area contributed by atoms with Crippen LogP contribution in [0.5, 0.6) is 11.5 Å². The minimum absolute atomic E-state index is 0.0206. The smallest absolute Gasteiger partial charge is 0.285 e. The van der Waals surface area contributed by atoms with Gasteiger partial charge in [0.1, 0.15) is 0 Å². The number of carbonyl (C=O) groups excluding carboxylic acids is 2. The monoisotopic (exact) mass is 478 g/mol. The number of hydrogen-bond acceptors (Lipinski definition) is 6. The number of hydrogen-bond donors (Lipinski definition) is 2. The number of carbonyl (C=O) groups is 2. The average molecular weight is 479 g/mol. The van der Waals surface area contributed by atoms with E-state index in [0.717, 1.165) is 16.8 Å². The molecule has 0 radical (unpaired) electrons. The summed E-state index contributed by atoms with van der Waals surface area (Å²) in [6.45, 7) is 2.21. The number of hydrazine groups is 1. The van der Waals surface area contributed by atoms with Crippen molar-refractivity contribution in [3.8, 4) is 11.5 Å². The molecule has 6 nitrogen and oxygen atoms in total. The van der Waals surface area contributed by atoms with Crippen LogP contribution >= 0.6 is 39.9 Å². The number of thioether (sulfide) groups is 1. The zero-order chi connectivity index (χ0) is 20.3. The second-order valence-electron chi connectivity index (χ2n) is 5.60. The van der Waals surface area contributed by atoms with Crippen molar-refractivity contribution in [1.29, 1.82) is 0 Å². The lowest BCUT2D eigenvalue weighted by Gasteiger charge is -2.16. The Labute approximate surface area is 179 Å². The number of thiocarbonyl (C=S) groups is 1. The highest BCUT2D eigenvalue weighted by molar-refractivity contribution is 9.10. The van der Waals surface area contributed by atoms with E-state index in [9.17, 15) is 14.7 Å². The van der Waals surface area contributed by atoms with Gasteiger partial charge in [-0.05, 0) is 71.0 Å². The summed E-state index contributed by atoms with van der Waals surface area (Å²) in [5.74, 6) is -0.532. The predicted octanol–water partition coefficient (Wildman–Crippen LogP) is 4.10. The molecule has 0 aliphatic carbocycles. The van der Waals surface area contributed by atoms with Gasteiger partial charge in [0.05, 0.1) is 17.1 Å². The van der Waals surface area contributed by atoms with Gasteiger partial charge in [-0.2, -0.15) is 5.01 Å². The van der Waals surface area contributed by atoms with Crippen LogP contribution in [-0.2, 0) is 4.79 Å². The second kappa shape index (κ2) is 8.76. The number of halogens is 1. The van der Waals surface area contributed by atoms with Gasteiger partial charge in [0.15, 0.2) is 15.8 Å². The molecule has 2 N–H and O–H groups in total. The lowest BCUT2D eigenvalue weighted by molar-refractivity contribution is -0.123. The van der Waals surface area contributed by atoms with Crippen molar-refractivity contribution in [1.82, 2.24) is 10.4 Å². The lowest BCUT2D eigenvalue weighted by atomic mass is 10.2. The van der Waals surface area contributed by atoms with Gasteiger partial charge in [-0.25, -0.2) is 0 Å². The predicted molar refractivity (Wildman–Crippen MR) is 116 cm³/mol. The van der Waals surface area contributed by atoms with Gasteiger partial charge >= 0.3 is 0 Å². The molecule has 0 aromatic heterocycles. The van der Waals surface area contributed by atoms with Crippen molar-refractivity contribution in [2.75, 3.05) is 6.61 Å². The Bertz CT molecular complexity index is 994. The highest BCUT2D eigenvalue weighted by atomic mass is 79.9. The van der Waals surface area contributed by atoms with E-state index < -0.39 is 11.8 Å². The first-order valence-corrected chi connectivity index (χ1v) is 10.2. The third kappa shape index (κ3) is 4.37. The Hall–Kier alpha value is -2.36. The maximum Gasteiger partial charge on any atom is 0.285 e. The molecule has 2 amide bonds. The van der Waals surface area contributed by atoms with E-state index in [2.05, 4.69) is 21.4 Å². The summed E-state index contributed by atoms with van der Waals surface area (Å²) in [5.41, 5.74) is 3.59. The van der Waals surface area contributed by atoms with Crippen LogP contribution in [0.15, 0.2) is 51.8 Å². The third-order valence-corrected chi connectivity index (χ3v) is 5.70. The molecule has 3 rings (SSSR count). The van der Waals surface area contributed by atoms with Crippen molar-refractivity contribution in [2.24, 2.45) is 0 Å². The first-order valence-electron chi connectivity index (χ1n) is 8.20. The van der Waals surface area contributed by atoms with Crippen LogP contribution in [0.4, 0.5) is 0 Å². The Morgan fingerprint density at radius 2 is 2.11 bits per heavy atom. The molecule has 0 bridgehead atoms. The van der Waals surface area contributed by atoms with E-state index in [1.807, 2.05) is 6.92 Å². The summed E-state index contributed by atoms with van der Waals surface area (Å²) in [5, 5.41) is 10.8. The topological polar surface area (TPSA) is 78.9 Å². The largest absolute Gasteiger partial charge is 0.504 e. The summed E-state index contributed by atoms with van der Waals surface area (Å²) in [6.07, 6.45) is 1.63. The first kappa shape index (κ1) is 20.4. The van der Waals surface area contributed by atoms with Crippen LogP contribution < -0.4 is 10.2 Å². The summed E-state index contributed by atoms with van der Waals surface area (Å²) in [7, 11) is 0. The second-order valence-corrected chi connectivity index (χ2v) is 8.13. The van der Waals surface area contributed by atoms with Gasteiger partial charge in [-0.3, -0.25) is 15.0 Å². The molecular weight excluding hydrogens is 464 g/mol. The molecule has 1 aliphatic heterocycles. The molecule has 1 fully saturated rings. The Kier molecular flexibility index (Phi) is 6.38. The molecule has 0 spiro atoms. The molecule has 0 atom stereocenters. The lowest BCUT2D eigenvalue weighted by Crippen LogP contribution is -2.44. The summed E-state index contributed by atoms with van der Waals surface area (Å²) in [4.78, 5) is 25.5. The van der Waals surface area contributed by atoms with Crippen LogP contribution in [0.3, 0.4) is 0 Å². The number of aromatic hydroxyl groups is 1. The number of ether oxygens (including phenoxy) is 1. The quantitative estimate of drug-likeness (QED) is 0.497. The summed E-state index contributed by atoms with van der Waals surface area (Å²) >= 11 is 9.63. The van der Waals surface area contributed by atoms with Crippen LogP contribution in [0, 0.1) is 0 Å². The normalized spacial score (nSPS) is 15.2. The zero-order valence-corrected chi connectivity index (χ0v) is 17.9. The van der Waals surface area contributed by atoms with Crippen molar-refractivity contribution >= 4 is 62.1 Å². The Balaban J connectivity index is 1.80. The maximum atomic E-state index is 12.7. The van der Waals surface area contributed by atoms with E-state index >= 15 is 0 Å². The molecule has 28 heavy (non-hydrogen) atoms. The van der Waals surface area contributed by atoms with Gasteiger partial charge in [-0.15, -0.1) is 0 Å². The number of phenols is 1. The van der Waals surface area contributed by atoms with Gasteiger partial charge in [0, 0.05) is 4.47 Å². The van der Waals surface area contributed by atoms with Gasteiger partial charge in [-0.1, -0.05) is 30.0 Å². The fourth-order valence-corrected chi connectivity index (χ4v) is 4.06. The molecule has 0 unspecified atom stereocenters. The number of benzene rings is 2. The SMILES string of the molecule is CCOc1cc(C=C2SC(=S)N(NC(=O)c3ccccc3Br)C2=O)ccc1O. The van der Waals surface area contributed by atoms with E-state index in [1.54, 1.807) is 42.5 Å². The van der Waals surface area contributed by atoms with Gasteiger partial charge in [0.25, 0.3) is 11.8 Å². The molecule has 2 aromatic rings. The van der Waals surface area contributed by atoms with Crippen LogP contribution in [0.25, 0.3) is 6.08 Å². The van der Waals surface area contributed by atoms with Crippen molar-refractivity contribution in [3.63, 3.8) is 0 Å². The number of phenolic OH excluding ortho intramolecular Hbond substituents is 1. The molecule has 144 valence electrons. The summed E-state index contributed by atoms with van der Waals surface area (Å²) in [6, 6.07) is 11.7. The number of rotatable bonds is 5. The van der Waals surface area contributed by atoms with E-state index in [1.165, 1.54) is 6.07 Å². The van der Waals surface area contributed by atoms with Crippen molar-refractivity contribution in [2.45, 2.75) is 6.92 Å². The highest BCUT2D eigenvalue weighted by Crippen LogP contribution is 2.34. The maximum absolute atomic E-state index is 12.7. The van der Waals surface area contributed by atoms with E-state index in [-0.39, 0.29) is 10.1 Å². The number of amides is 2. The van der Waals surface area contributed by atoms with Crippen molar-refractivity contribution in [3.05, 3.63) is 63.0 Å². The molecule has 1 saturated heterocycles. The molecule has 1 aliphatic rings. The minimum atomic E-state index is -0.451. The molecule has 2 aromatic carbocycles. The first-order chi connectivity index (χ1) is 13.4. The Morgan fingerprint density at radius 1 is 1.36 bits per heavy atom. The van der Waals surface area contributed by atoms with Crippen molar-refractivity contribution < 1.29 is 19.4 Å². The molecular formula is C19H15BrN2O4S2. The number of nitrogens with zero attached hydrogens (tertiary/aromatic N) is 1. The van der Waals surface area contributed by atoms with Gasteiger partial charge in [0.2, 0.25) is 0 Å². The molecule has 0 saturated carbocycles. The van der Waals surface area contributed by atoms with Crippen LogP contribution in [0.1, 0.15) is 22.8 Å². The Morgan fingerprint density at radius 3 is 2.82 bits per heavy atom. The standard InChI is InChI=1S/C19H15BrN2O4S2/c1-2-26-15-9-11(7-8-14(15)23)10-16-18(25)22(19(27)28-16)21-17(24)12-5-3-4-6-13(12)20/h3-10,23H,2H2,1H3,(H,21,24). The average Bonchev–Trinajstić information content (AvgIpc) is 2.92. The summed E-state index contributed by atoms with van der Waals surface area (Å²) < 4.78 is 6.19.